The van der Waals surface area contributed by atoms with Crippen LogP contribution in [0.2, 0.25) is 0 Å². The van der Waals surface area contributed by atoms with Crippen LogP contribution in [0, 0.1) is 0 Å². The summed E-state index contributed by atoms with van der Waals surface area (Å²) in [5, 5.41) is 7.91. The van der Waals surface area contributed by atoms with Gasteiger partial charge in [-0.15, -0.1) is 22.7 Å². The number of hydrogen-bond donors (Lipinski definition) is 0. The summed E-state index contributed by atoms with van der Waals surface area (Å²) >= 11 is 3.77. The average Bonchev–Trinajstić information content (AvgIpc) is 3.83. The lowest BCUT2D eigenvalue weighted by molar-refractivity contribution is 1.28. The largest absolute Gasteiger partial charge is 0.310 e. The highest BCUT2D eigenvalue weighted by Crippen LogP contribution is 2.45. The summed E-state index contributed by atoms with van der Waals surface area (Å²) in [6.45, 7) is 0. The van der Waals surface area contributed by atoms with Crippen LogP contribution in [-0.4, -0.2) is 0 Å². The van der Waals surface area contributed by atoms with Gasteiger partial charge in [-0.2, -0.15) is 0 Å². The van der Waals surface area contributed by atoms with Crippen LogP contribution in [0.1, 0.15) is 0 Å². The zero-order chi connectivity index (χ0) is 36.3. The molecular weight excluding hydrogens is 703 g/mol. The van der Waals surface area contributed by atoms with Crippen molar-refractivity contribution in [2.24, 2.45) is 0 Å². The molecule has 2 aromatic heterocycles. The number of thiophene rings is 2. The lowest BCUT2D eigenvalue weighted by Gasteiger charge is -2.28. The molecule has 0 unspecified atom stereocenters. The minimum atomic E-state index is 1.11. The van der Waals surface area contributed by atoms with Crippen molar-refractivity contribution in [2.45, 2.75) is 0 Å². The van der Waals surface area contributed by atoms with Gasteiger partial charge in [-0.1, -0.05) is 152 Å². The predicted octanol–water partition coefficient (Wildman–Crippen LogP) is 16.0. The zero-order valence-corrected chi connectivity index (χ0v) is 31.4. The fourth-order valence-electron chi connectivity index (χ4n) is 8.21. The molecule has 0 saturated heterocycles. The van der Waals surface area contributed by atoms with Crippen LogP contribution in [0.15, 0.2) is 200 Å². The molecule has 0 radical (unpaired) electrons. The maximum atomic E-state index is 2.40. The van der Waals surface area contributed by atoms with Crippen molar-refractivity contribution < 1.29 is 0 Å². The molecule has 0 aliphatic heterocycles. The molecule has 0 spiro atoms. The second-order valence-corrected chi connectivity index (χ2v) is 16.2. The van der Waals surface area contributed by atoms with E-state index < -0.39 is 0 Å². The number of rotatable bonds is 6. The normalized spacial score (nSPS) is 11.6. The summed E-state index contributed by atoms with van der Waals surface area (Å²) < 4.78 is 5.34. The Balaban J connectivity index is 1.01. The zero-order valence-electron chi connectivity index (χ0n) is 29.8. The van der Waals surface area contributed by atoms with Gasteiger partial charge in [0.25, 0.3) is 0 Å². The number of anilines is 3. The van der Waals surface area contributed by atoms with Crippen molar-refractivity contribution in [3.05, 3.63) is 200 Å². The van der Waals surface area contributed by atoms with Crippen molar-refractivity contribution in [1.82, 2.24) is 0 Å². The Morgan fingerprint density at radius 3 is 1.73 bits per heavy atom. The Morgan fingerprint density at radius 2 is 0.891 bits per heavy atom. The van der Waals surface area contributed by atoms with Gasteiger partial charge in [0, 0.05) is 57.3 Å². The van der Waals surface area contributed by atoms with E-state index in [0.717, 1.165) is 17.1 Å². The molecule has 9 aromatic carbocycles. The first kappa shape index (κ1) is 32.0. The summed E-state index contributed by atoms with van der Waals surface area (Å²) in [6, 6.07) is 73.3. The van der Waals surface area contributed by atoms with E-state index >= 15 is 0 Å². The molecule has 0 amide bonds. The summed E-state index contributed by atoms with van der Waals surface area (Å²) in [5.74, 6) is 0. The van der Waals surface area contributed by atoms with Gasteiger partial charge >= 0.3 is 0 Å². The standard InChI is InChI=1S/C52H33NS2/c1-2-11-35(12-3-1)41-14-6-8-19-48(41)53(40-29-23-37(24-30-40)43-17-10-18-45-44-16-7-9-20-49(44)54-51(43)45)39-27-21-34(22-28-39)38-26-32-50-47(33-38)46-31-25-36-13-4-5-15-42(36)52(46)55-50/h1-33H. The van der Waals surface area contributed by atoms with Gasteiger partial charge in [-0.3, -0.25) is 0 Å². The SMILES string of the molecule is c1ccc(-c2ccccc2N(c2ccc(-c3ccc4sc5c6ccccc6ccc5c4c3)cc2)c2ccc(-c3cccc4c3sc3ccccc34)cc2)cc1. The minimum absolute atomic E-state index is 1.11. The van der Waals surface area contributed by atoms with E-state index in [1.54, 1.807) is 0 Å². The van der Waals surface area contributed by atoms with Crippen LogP contribution in [-0.2, 0) is 0 Å². The molecule has 0 bridgehead atoms. The maximum absolute atomic E-state index is 2.40. The highest BCUT2D eigenvalue weighted by molar-refractivity contribution is 7.27. The molecule has 0 aliphatic carbocycles. The molecule has 55 heavy (non-hydrogen) atoms. The molecule has 2 heterocycles. The molecular formula is C52H33NS2. The van der Waals surface area contributed by atoms with Crippen molar-refractivity contribution in [2.75, 3.05) is 4.90 Å². The number of para-hydroxylation sites is 1. The molecule has 0 saturated carbocycles. The molecule has 11 aromatic rings. The van der Waals surface area contributed by atoms with E-state index in [1.807, 2.05) is 22.7 Å². The Kier molecular flexibility index (Phi) is 7.61. The monoisotopic (exact) mass is 735 g/mol. The molecule has 258 valence electrons. The predicted molar refractivity (Wildman–Crippen MR) is 241 cm³/mol. The van der Waals surface area contributed by atoms with Crippen LogP contribution < -0.4 is 4.90 Å². The topological polar surface area (TPSA) is 3.24 Å². The first-order valence-corrected chi connectivity index (χ1v) is 20.3. The minimum Gasteiger partial charge on any atom is -0.310 e. The highest BCUT2D eigenvalue weighted by atomic mass is 32.1. The van der Waals surface area contributed by atoms with Gasteiger partial charge in [0.2, 0.25) is 0 Å². The van der Waals surface area contributed by atoms with Crippen molar-refractivity contribution >= 4 is 90.9 Å². The van der Waals surface area contributed by atoms with E-state index in [0.29, 0.717) is 0 Å². The fraction of sp³-hybridized carbons (Fsp3) is 0. The maximum Gasteiger partial charge on any atom is 0.0540 e. The lowest BCUT2D eigenvalue weighted by Crippen LogP contribution is -2.11. The van der Waals surface area contributed by atoms with E-state index in [1.165, 1.54) is 84.5 Å². The van der Waals surface area contributed by atoms with Crippen LogP contribution in [0.3, 0.4) is 0 Å². The van der Waals surface area contributed by atoms with Crippen LogP contribution in [0.5, 0.6) is 0 Å². The Bertz CT molecular complexity index is 3190. The Morgan fingerprint density at radius 1 is 0.309 bits per heavy atom. The first-order chi connectivity index (χ1) is 27.3. The van der Waals surface area contributed by atoms with Crippen molar-refractivity contribution in [3.8, 4) is 33.4 Å². The number of nitrogens with zero attached hydrogens (tertiary/aromatic N) is 1. The van der Waals surface area contributed by atoms with E-state index in [2.05, 4.69) is 205 Å². The number of benzene rings is 9. The van der Waals surface area contributed by atoms with Gasteiger partial charge in [0.05, 0.1) is 5.69 Å². The second-order valence-electron chi connectivity index (χ2n) is 14.1. The molecule has 0 atom stereocenters. The van der Waals surface area contributed by atoms with Crippen LogP contribution >= 0.6 is 22.7 Å². The third kappa shape index (κ3) is 5.43. The molecule has 3 heteroatoms. The summed E-state index contributed by atoms with van der Waals surface area (Å²) in [6.07, 6.45) is 0. The quantitative estimate of drug-likeness (QED) is 0.164. The Hall–Kier alpha value is -6.52. The summed E-state index contributed by atoms with van der Waals surface area (Å²) in [4.78, 5) is 2.40. The van der Waals surface area contributed by atoms with Crippen LogP contribution in [0.4, 0.5) is 17.1 Å². The molecule has 0 N–H and O–H groups in total. The smallest absolute Gasteiger partial charge is 0.0540 e. The molecule has 0 fully saturated rings. The van der Waals surface area contributed by atoms with E-state index in [-0.39, 0.29) is 0 Å². The summed E-state index contributed by atoms with van der Waals surface area (Å²) in [5.41, 5.74) is 10.7. The fourth-order valence-corrected chi connectivity index (χ4v) is 10.7. The highest BCUT2D eigenvalue weighted by Gasteiger charge is 2.18. The molecule has 1 nitrogen and oxygen atoms in total. The molecule has 0 aliphatic rings. The molecule has 11 rings (SSSR count). The first-order valence-electron chi connectivity index (χ1n) is 18.7. The van der Waals surface area contributed by atoms with Gasteiger partial charge < -0.3 is 4.90 Å². The summed E-state index contributed by atoms with van der Waals surface area (Å²) in [7, 11) is 0. The van der Waals surface area contributed by atoms with Gasteiger partial charge in [-0.25, -0.2) is 0 Å². The average molecular weight is 736 g/mol. The van der Waals surface area contributed by atoms with E-state index in [9.17, 15) is 0 Å². The van der Waals surface area contributed by atoms with Gasteiger partial charge in [0.15, 0.2) is 0 Å². The second kappa shape index (κ2) is 13.1. The number of fused-ring (bicyclic) bond motifs is 8. The van der Waals surface area contributed by atoms with Crippen molar-refractivity contribution in [3.63, 3.8) is 0 Å². The van der Waals surface area contributed by atoms with Crippen LogP contribution in [0.25, 0.3) is 84.5 Å². The van der Waals surface area contributed by atoms with Crippen molar-refractivity contribution in [1.29, 1.82) is 0 Å². The third-order valence-electron chi connectivity index (χ3n) is 10.9. The lowest BCUT2D eigenvalue weighted by atomic mass is 9.99. The van der Waals surface area contributed by atoms with Gasteiger partial charge in [-0.05, 0) is 87.1 Å². The van der Waals surface area contributed by atoms with E-state index in [4.69, 9.17) is 0 Å². The Labute approximate surface area is 327 Å². The third-order valence-corrected chi connectivity index (χ3v) is 13.3. The van der Waals surface area contributed by atoms with Gasteiger partial charge in [0.1, 0.15) is 0 Å². The number of hydrogen-bond acceptors (Lipinski definition) is 3.